The number of nitrogens with zero attached hydrogens (tertiary/aromatic N) is 2. The van der Waals surface area contributed by atoms with Gasteiger partial charge in [0.25, 0.3) is 5.56 Å². The van der Waals surface area contributed by atoms with Crippen LogP contribution in [0.5, 0.6) is 5.88 Å². The van der Waals surface area contributed by atoms with Crippen LogP contribution in [0, 0.1) is 0 Å². The number of fused-ring (bicyclic) bond motifs is 1. The molecule has 4 rings (SSSR count). The van der Waals surface area contributed by atoms with Gasteiger partial charge < -0.3 is 9.30 Å². The Morgan fingerprint density at radius 1 is 1.08 bits per heavy atom. The average molecular weight is 354 g/mol. The second kappa shape index (κ2) is 5.89. The van der Waals surface area contributed by atoms with Crippen molar-refractivity contribution >= 4 is 33.7 Å². The molecule has 0 saturated heterocycles. The number of ether oxygens (including phenoxy) is 1. The predicted octanol–water partition coefficient (Wildman–Crippen LogP) is 4.40. The van der Waals surface area contributed by atoms with Crippen LogP contribution < -0.4 is 10.3 Å². The molecule has 0 aliphatic carbocycles. The third kappa shape index (κ3) is 2.44. The summed E-state index contributed by atoms with van der Waals surface area (Å²) in [6.07, 6.45) is 0. The van der Waals surface area contributed by atoms with Gasteiger partial charge in [0, 0.05) is 27.7 Å². The highest BCUT2D eigenvalue weighted by molar-refractivity contribution is 7.23. The maximum Gasteiger partial charge on any atom is 0.259 e. The maximum atomic E-state index is 12.7. The maximum absolute atomic E-state index is 12.7. The zero-order valence-corrected chi connectivity index (χ0v) is 14.8. The van der Waals surface area contributed by atoms with Gasteiger partial charge in [-0.3, -0.25) is 4.79 Å². The van der Waals surface area contributed by atoms with Crippen LogP contribution in [-0.4, -0.2) is 16.7 Å². The largest absolute Gasteiger partial charge is 0.481 e. The smallest absolute Gasteiger partial charge is 0.259 e. The molecule has 0 atom stereocenters. The summed E-state index contributed by atoms with van der Waals surface area (Å²) in [4.78, 5) is 20.5. The molecule has 120 valence electrons. The van der Waals surface area contributed by atoms with E-state index < -0.39 is 0 Å². The number of aryl methyl sites for hydroxylation is 1. The fourth-order valence-corrected chi connectivity index (χ4v) is 4.50. The number of hydrogen-bond donors (Lipinski definition) is 0. The zero-order valence-electron chi connectivity index (χ0n) is 13.1. The van der Waals surface area contributed by atoms with Crippen LogP contribution in [0.15, 0.2) is 52.6 Å². The lowest BCUT2D eigenvalue weighted by Crippen LogP contribution is -2.18. The minimum atomic E-state index is -0.0194. The molecule has 4 aromatic heterocycles. The molecule has 0 saturated carbocycles. The fourth-order valence-electron chi connectivity index (χ4n) is 2.65. The molecule has 6 heteroatoms. The highest BCUT2D eigenvalue weighted by Crippen LogP contribution is 2.36. The summed E-state index contributed by atoms with van der Waals surface area (Å²) in [5.41, 5.74) is 2.18. The van der Waals surface area contributed by atoms with Gasteiger partial charge in [-0.1, -0.05) is 6.07 Å². The molecule has 0 aliphatic rings. The van der Waals surface area contributed by atoms with Gasteiger partial charge in [0.05, 0.1) is 23.7 Å². The molecule has 0 bridgehead atoms. The fraction of sp³-hybridized carbons (Fsp3) is 0.111. The number of aromatic nitrogens is 2. The van der Waals surface area contributed by atoms with Crippen molar-refractivity contribution in [2.75, 3.05) is 7.11 Å². The van der Waals surface area contributed by atoms with Gasteiger partial charge in [-0.15, -0.1) is 22.7 Å². The molecule has 0 aromatic carbocycles. The van der Waals surface area contributed by atoms with E-state index in [9.17, 15) is 4.79 Å². The van der Waals surface area contributed by atoms with Gasteiger partial charge in [-0.25, -0.2) is 4.98 Å². The van der Waals surface area contributed by atoms with Crippen LogP contribution in [-0.2, 0) is 7.05 Å². The molecule has 4 heterocycles. The molecule has 0 radical (unpaired) electrons. The van der Waals surface area contributed by atoms with Crippen molar-refractivity contribution in [3.63, 3.8) is 0 Å². The quantitative estimate of drug-likeness (QED) is 0.548. The molecule has 0 fully saturated rings. The van der Waals surface area contributed by atoms with E-state index in [1.165, 1.54) is 9.75 Å². The second-order valence-corrected chi connectivity index (χ2v) is 7.35. The lowest BCUT2D eigenvalue weighted by molar-refractivity contribution is 0.399. The Kier molecular flexibility index (Phi) is 3.70. The van der Waals surface area contributed by atoms with Gasteiger partial charge in [-0.05, 0) is 35.7 Å². The summed E-state index contributed by atoms with van der Waals surface area (Å²) in [6.45, 7) is 0. The number of hydrogen-bond acceptors (Lipinski definition) is 5. The summed E-state index contributed by atoms with van der Waals surface area (Å²) >= 11 is 3.32. The summed E-state index contributed by atoms with van der Waals surface area (Å²) in [5, 5.41) is 2.06. The van der Waals surface area contributed by atoms with Crippen molar-refractivity contribution in [1.29, 1.82) is 0 Å². The van der Waals surface area contributed by atoms with E-state index >= 15 is 0 Å². The minimum Gasteiger partial charge on any atom is -0.481 e. The molecule has 0 aliphatic heterocycles. The molecule has 0 spiro atoms. The van der Waals surface area contributed by atoms with Crippen molar-refractivity contribution in [3.05, 3.63) is 58.2 Å². The lowest BCUT2D eigenvalue weighted by Gasteiger charge is -2.08. The van der Waals surface area contributed by atoms with Crippen LogP contribution in [0.25, 0.3) is 31.2 Å². The van der Waals surface area contributed by atoms with Gasteiger partial charge >= 0.3 is 0 Å². The van der Waals surface area contributed by atoms with E-state index in [1.807, 2.05) is 24.3 Å². The normalized spacial score (nSPS) is 11.1. The molecule has 0 unspecified atom stereocenters. The third-order valence-electron chi connectivity index (χ3n) is 3.90. The van der Waals surface area contributed by atoms with E-state index in [4.69, 9.17) is 4.74 Å². The molecule has 24 heavy (non-hydrogen) atoms. The van der Waals surface area contributed by atoms with Gasteiger partial charge in [-0.2, -0.15) is 0 Å². The Bertz CT molecular complexity index is 1080. The van der Waals surface area contributed by atoms with Gasteiger partial charge in [0.1, 0.15) is 0 Å². The summed E-state index contributed by atoms with van der Waals surface area (Å²) in [6, 6.07) is 13.7. The predicted molar refractivity (Wildman–Crippen MR) is 100 cm³/mol. The number of rotatable bonds is 3. The van der Waals surface area contributed by atoms with Crippen LogP contribution in [0.4, 0.5) is 0 Å². The molecule has 4 aromatic rings. The van der Waals surface area contributed by atoms with E-state index in [2.05, 4.69) is 22.5 Å². The summed E-state index contributed by atoms with van der Waals surface area (Å²) < 4.78 is 6.84. The summed E-state index contributed by atoms with van der Waals surface area (Å²) in [7, 11) is 3.36. The van der Waals surface area contributed by atoms with Crippen molar-refractivity contribution in [2.45, 2.75) is 0 Å². The van der Waals surface area contributed by atoms with Gasteiger partial charge in [0.15, 0.2) is 0 Å². The molecule has 4 nitrogen and oxygen atoms in total. The Balaban J connectivity index is 1.90. The topological polar surface area (TPSA) is 44.1 Å². The summed E-state index contributed by atoms with van der Waals surface area (Å²) in [5.74, 6) is 0.539. The van der Waals surface area contributed by atoms with E-state index in [1.54, 1.807) is 47.5 Å². The van der Waals surface area contributed by atoms with Crippen molar-refractivity contribution in [3.8, 4) is 26.1 Å². The SMILES string of the molecule is COc1ccc2c(cc(-c3ccc(-c4cccs4)s3)c(=O)n2C)n1. The molecule has 0 amide bonds. The Morgan fingerprint density at radius 2 is 1.92 bits per heavy atom. The molecular weight excluding hydrogens is 340 g/mol. The van der Waals surface area contributed by atoms with Crippen molar-refractivity contribution in [1.82, 2.24) is 9.55 Å². The van der Waals surface area contributed by atoms with E-state index in [-0.39, 0.29) is 5.56 Å². The van der Waals surface area contributed by atoms with E-state index in [0.717, 1.165) is 15.9 Å². The first-order chi connectivity index (χ1) is 11.7. The number of pyridine rings is 2. The number of methoxy groups -OCH3 is 1. The Labute approximate surface area is 146 Å². The van der Waals surface area contributed by atoms with Crippen LogP contribution >= 0.6 is 22.7 Å². The molecule has 0 N–H and O–H groups in total. The van der Waals surface area contributed by atoms with Gasteiger partial charge in [0.2, 0.25) is 5.88 Å². The Hall–Kier alpha value is -2.44. The van der Waals surface area contributed by atoms with Crippen molar-refractivity contribution in [2.24, 2.45) is 7.05 Å². The molecular formula is C18H14N2O2S2. The highest BCUT2D eigenvalue weighted by Gasteiger charge is 2.13. The average Bonchev–Trinajstić information content (AvgIpc) is 3.28. The zero-order chi connectivity index (χ0) is 16.7. The number of thiophene rings is 2. The minimum absolute atomic E-state index is 0.0194. The van der Waals surface area contributed by atoms with Crippen LogP contribution in [0.3, 0.4) is 0 Å². The monoisotopic (exact) mass is 354 g/mol. The first-order valence-corrected chi connectivity index (χ1v) is 9.06. The highest BCUT2D eigenvalue weighted by atomic mass is 32.1. The van der Waals surface area contributed by atoms with E-state index in [0.29, 0.717) is 11.4 Å². The third-order valence-corrected chi connectivity index (χ3v) is 6.08. The standard InChI is InChI=1S/C18H14N2O2S2/c1-20-13-5-8-17(22-2)19-12(13)10-11(18(20)21)14-6-7-16(24-14)15-4-3-9-23-15/h3-10H,1-2H3. The lowest BCUT2D eigenvalue weighted by atomic mass is 10.2. The Morgan fingerprint density at radius 3 is 2.67 bits per heavy atom. The van der Waals surface area contributed by atoms with Crippen LogP contribution in [0.1, 0.15) is 0 Å². The van der Waals surface area contributed by atoms with Crippen LogP contribution in [0.2, 0.25) is 0 Å². The van der Waals surface area contributed by atoms with Crippen molar-refractivity contribution < 1.29 is 4.74 Å². The first-order valence-electron chi connectivity index (χ1n) is 7.36. The first kappa shape index (κ1) is 15.1. The second-order valence-electron chi connectivity index (χ2n) is 5.32.